The maximum Gasteiger partial charge on any atom is 0.142 e. The second-order valence-electron chi connectivity index (χ2n) is 4.04. The molecule has 1 saturated heterocycles. The molecule has 1 fully saturated rings. The molecule has 1 aromatic rings. The Morgan fingerprint density at radius 1 is 1.47 bits per heavy atom. The summed E-state index contributed by atoms with van der Waals surface area (Å²) in [5.41, 5.74) is 6.82. The molecule has 94 valence electrons. The number of aromatic nitrogens is 1. The number of nitrogens with two attached hydrogens (primary N) is 1. The Labute approximate surface area is 102 Å². The number of nitrogens with zero attached hydrogens (tertiary/aromatic N) is 2. The standard InChI is InChI=1S/C12H19N3O2/c1-2-17-11-8-14-12(13)7-10(11)9-15-3-5-16-6-4-15/h7-8H,2-6,9H2,1H3,(H2,13,14). The van der Waals surface area contributed by atoms with Crippen LogP contribution < -0.4 is 10.5 Å². The first-order valence-electron chi connectivity index (χ1n) is 5.97. The van der Waals surface area contributed by atoms with Gasteiger partial charge >= 0.3 is 0 Å². The first-order valence-corrected chi connectivity index (χ1v) is 5.97. The van der Waals surface area contributed by atoms with Crippen LogP contribution >= 0.6 is 0 Å². The largest absolute Gasteiger partial charge is 0.492 e. The zero-order valence-corrected chi connectivity index (χ0v) is 10.2. The van der Waals surface area contributed by atoms with Gasteiger partial charge in [-0.05, 0) is 13.0 Å². The van der Waals surface area contributed by atoms with Gasteiger partial charge in [0.1, 0.15) is 11.6 Å². The summed E-state index contributed by atoms with van der Waals surface area (Å²) in [6.45, 7) is 6.94. The summed E-state index contributed by atoms with van der Waals surface area (Å²) in [6, 6.07) is 1.89. The van der Waals surface area contributed by atoms with Gasteiger partial charge < -0.3 is 15.2 Å². The average Bonchev–Trinajstić information content (AvgIpc) is 2.34. The molecule has 0 aliphatic carbocycles. The second kappa shape index (κ2) is 5.84. The molecule has 2 N–H and O–H groups in total. The first-order chi connectivity index (χ1) is 8.29. The molecular formula is C12H19N3O2. The third-order valence-electron chi connectivity index (χ3n) is 2.77. The Morgan fingerprint density at radius 3 is 2.94 bits per heavy atom. The van der Waals surface area contributed by atoms with E-state index in [4.69, 9.17) is 15.2 Å². The lowest BCUT2D eigenvalue weighted by Crippen LogP contribution is -2.35. The first kappa shape index (κ1) is 12.1. The van der Waals surface area contributed by atoms with Crippen molar-refractivity contribution in [3.63, 3.8) is 0 Å². The van der Waals surface area contributed by atoms with E-state index in [9.17, 15) is 0 Å². The van der Waals surface area contributed by atoms with Crippen molar-refractivity contribution in [1.82, 2.24) is 9.88 Å². The van der Waals surface area contributed by atoms with E-state index >= 15 is 0 Å². The molecule has 1 aromatic heterocycles. The molecule has 17 heavy (non-hydrogen) atoms. The zero-order chi connectivity index (χ0) is 12.1. The minimum Gasteiger partial charge on any atom is -0.492 e. The van der Waals surface area contributed by atoms with Gasteiger partial charge in [0.15, 0.2) is 0 Å². The van der Waals surface area contributed by atoms with E-state index in [1.807, 2.05) is 13.0 Å². The van der Waals surface area contributed by atoms with E-state index in [0.29, 0.717) is 12.4 Å². The fourth-order valence-electron chi connectivity index (χ4n) is 1.91. The smallest absolute Gasteiger partial charge is 0.142 e. The quantitative estimate of drug-likeness (QED) is 0.843. The molecule has 0 bridgehead atoms. The molecule has 1 aliphatic rings. The molecule has 0 spiro atoms. The number of anilines is 1. The number of ether oxygens (including phenoxy) is 2. The van der Waals surface area contributed by atoms with Gasteiger partial charge in [-0.25, -0.2) is 4.98 Å². The number of morpholine rings is 1. The summed E-state index contributed by atoms with van der Waals surface area (Å²) in [5.74, 6) is 1.37. The molecule has 1 aliphatic heterocycles. The van der Waals surface area contributed by atoms with Gasteiger partial charge in [0.25, 0.3) is 0 Å². The van der Waals surface area contributed by atoms with Gasteiger partial charge in [-0.15, -0.1) is 0 Å². The lowest BCUT2D eigenvalue weighted by molar-refractivity contribution is 0.0338. The predicted octanol–water partition coefficient (Wildman–Crippen LogP) is 0.895. The highest BCUT2D eigenvalue weighted by molar-refractivity contribution is 5.40. The van der Waals surface area contributed by atoms with E-state index < -0.39 is 0 Å². The molecule has 0 saturated carbocycles. The summed E-state index contributed by atoms with van der Waals surface area (Å²) in [7, 11) is 0. The molecule has 0 aromatic carbocycles. The van der Waals surface area contributed by atoms with Gasteiger partial charge in [0, 0.05) is 25.2 Å². The Bertz CT molecular complexity index is 365. The lowest BCUT2D eigenvalue weighted by Gasteiger charge is -2.27. The van der Waals surface area contributed by atoms with Crippen LogP contribution in [0, 0.1) is 0 Å². The van der Waals surface area contributed by atoms with Crippen LogP contribution in [0.4, 0.5) is 5.82 Å². The molecule has 5 nitrogen and oxygen atoms in total. The minimum atomic E-state index is 0.539. The third kappa shape index (κ3) is 3.31. The van der Waals surface area contributed by atoms with Crippen LogP contribution in [-0.2, 0) is 11.3 Å². The molecule has 5 heteroatoms. The second-order valence-corrected chi connectivity index (χ2v) is 4.04. The summed E-state index contributed by atoms with van der Waals surface area (Å²) >= 11 is 0. The van der Waals surface area contributed by atoms with Crippen LogP contribution in [0.15, 0.2) is 12.3 Å². The van der Waals surface area contributed by atoms with Crippen molar-refractivity contribution >= 4 is 5.82 Å². The number of nitrogen functional groups attached to an aromatic ring is 1. The van der Waals surface area contributed by atoms with Crippen LogP contribution in [0.25, 0.3) is 0 Å². The van der Waals surface area contributed by atoms with E-state index in [-0.39, 0.29) is 0 Å². The normalized spacial score (nSPS) is 17.0. The highest BCUT2D eigenvalue weighted by Gasteiger charge is 2.14. The van der Waals surface area contributed by atoms with E-state index in [0.717, 1.165) is 44.2 Å². The van der Waals surface area contributed by atoms with Crippen LogP contribution in [0.3, 0.4) is 0 Å². The summed E-state index contributed by atoms with van der Waals surface area (Å²) < 4.78 is 10.9. The van der Waals surface area contributed by atoms with Crippen molar-refractivity contribution in [2.75, 3.05) is 38.6 Å². The Kier molecular flexibility index (Phi) is 4.17. The SMILES string of the molecule is CCOc1cnc(N)cc1CN1CCOCC1. The number of rotatable bonds is 4. The molecule has 0 atom stereocenters. The average molecular weight is 237 g/mol. The van der Waals surface area contributed by atoms with Crippen molar-refractivity contribution < 1.29 is 9.47 Å². The van der Waals surface area contributed by atoms with E-state index in [2.05, 4.69) is 9.88 Å². The molecule has 0 amide bonds. The van der Waals surface area contributed by atoms with Crippen molar-refractivity contribution in [2.45, 2.75) is 13.5 Å². The zero-order valence-electron chi connectivity index (χ0n) is 10.2. The van der Waals surface area contributed by atoms with Crippen LogP contribution in [0.5, 0.6) is 5.75 Å². The van der Waals surface area contributed by atoms with Crippen LogP contribution in [0.1, 0.15) is 12.5 Å². The van der Waals surface area contributed by atoms with Gasteiger partial charge in [-0.3, -0.25) is 4.90 Å². The fraction of sp³-hybridized carbons (Fsp3) is 0.583. The molecule has 0 radical (unpaired) electrons. The minimum absolute atomic E-state index is 0.539. The van der Waals surface area contributed by atoms with Crippen molar-refractivity contribution in [3.8, 4) is 5.75 Å². The molecule has 0 unspecified atom stereocenters. The van der Waals surface area contributed by atoms with E-state index in [1.165, 1.54) is 0 Å². The summed E-state index contributed by atoms with van der Waals surface area (Å²) in [6.07, 6.45) is 1.70. The van der Waals surface area contributed by atoms with Gasteiger partial charge in [-0.1, -0.05) is 0 Å². The highest BCUT2D eigenvalue weighted by Crippen LogP contribution is 2.21. The fourth-order valence-corrected chi connectivity index (χ4v) is 1.91. The van der Waals surface area contributed by atoms with Gasteiger partial charge in [0.2, 0.25) is 0 Å². The van der Waals surface area contributed by atoms with Gasteiger partial charge in [0.05, 0.1) is 26.0 Å². The maximum absolute atomic E-state index is 5.72. The van der Waals surface area contributed by atoms with Crippen molar-refractivity contribution in [3.05, 3.63) is 17.8 Å². The number of pyridine rings is 1. The number of hydrogen-bond donors (Lipinski definition) is 1. The summed E-state index contributed by atoms with van der Waals surface area (Å²) in [4.78, 5) is 6.40. The summed E-state index contributed by atoms with van der Waals surface area (Å²) in [5, 5.41) is 0. The van der Waals surface area contributed by atoms with Crippen molar-refractivity contribution in [2.24, 2.45) is 0 Å². The highest BCUT2D eigenvalue weighted by atomic mass is 16.5. The Balaban J connectivity index is 2.08. The predicted molar refractivity (Wildman–Crippen MR) is 65.9 cm³/mol. The molecular weight excluding hydrogens is 218 g/mol. The molecule has 2 rings (SSSR count). The van der Waals surface area contributed by atoms with Crippen LogP contribution in [0.2, 0.25) is 0 Å². The molecule has 2 heterocycles. The lowest BCUT2D eigenvalue weighted by atomic mass is 10.2. The maximum atomic E-state index is 5.72. The monoisotopic (exact) mass is 237 g/mol. The van der Waals surface area contributed by atoms with E-state index in [1.54, 1.807) is 6.20 Å². The Morgan fingerprint density at radius 2 is 2.24 bits per heavy atom. The van der Waals surface area contributed by atoms with Crippen LogP contribution in [-0.4, -0.2) is 42.8 Å². The van der Waals surface area contributed by atoms with Gasteiger partial charge in [-0.2, -0.15) is 0 Å². The topological polar surface area (TPSA) is 60.6 Å². The van der Waals surface area contributed by atoms with Crippen molar-refractivity contribution in [1.29, 1.82) is 0 Å². The Hall–Kier alpha value is -1.33. The third-order valence-corrected chi connectivity index (χ3v) is 2.77. The number of hydrogen-bond acceptors (Lipinski definition) is 5.